The van der Waals surface area contributed by atoms with Crippen molar-refractivity contribution < 1.29 is 60.6 Å². The van der Waals surface area contributed by atoms with Crippen molar-refractivity contribution in [1.29, 1.82) is 0 Å². The molecule has 15 heteroatoms. The summed E-state index contributed by atoms with van der Waals surface area (Å²) < 4.78 is 67.2. The minimum atomic E-state index is -4.59. The Morgan fingerprint density at radius 3 is 1.36 bits per heavy atom. The molecule has 0 heterocycles. The molecule has 0 aliphatic rings. The van der Waals surface area contributed by atoms with E-state index in [0.29, 0.717) is 16.8 Å². The van der Waals surface area contributed by atoms with Crippen LogP contribution in [-0.2, 0) is 20.2 Å². The number of nitrogens with two attached hydrogens (primary N) is 1. The van der Waals surface area contributed by atoms with Crippen molar-refractivity contribution in [2.75, 3.05) is 5.73 Å². The molecule has 0 spiro atoms. The molecule has 0 fully saturated rings. The summed E-state index contributed by atoms with van der Waals surface area (Å²) in [6.45, 7) is 0. The maximum atomic E-state index is 12.0. The first-order chi connectivity index (χ1) is 21.9. The third kappa shape index (κ3) is 7.08. The van der Waals surface area contributed by atoms with Gasteiger partial charge in [-0.2, -0.15) is 27.1 Å². The summed E-state index contributed by atoms with van der Waals surface area (Å²) >= 11 is 0. The first kappa shape index (κ1) is 33.8. The minimum absolute atomic E-state index is 0. The maximum Gasteiger partial charge on any atom is 1.00 e. The maximum absolute atomic E-state index is 12.0. The Hall–Kier alpha value is -4.54. The topological polar surface area (TPSA) is 204 Å². The second kappa shape index (κ2) is 13.3. The van der Waals surface area contributed by atoms with E-state index in [1.165, 1.54) is 18.2 Å². The van der Waals surface area contributed by atoms with E-state index < -0.39 is 25.1 Å². The van der Waals surface area contributed by atoms with E-state index in [1.807, 2.05) is 12.1 Å². The molecule has 6 rings (SSSR count). The molecule has 230 valence electrons. The number of nitrogen functional groups attached to an aromatic ring is 1. The fourth-order valence-electron chi connectivity index (χ4n) is 4.91. The second-order valence-electron chi connectivity index (χ2n) is 10.1. The van der Waals surface area contributed by atoms with Gasteiger partial charge >= 0.3 is 29.6 Å². The van der Waals surface area contributed by atoms with Crippen LogP contribution < -0.4 is 35.3 Å². The Kier molecular flexibility index (Phi) is 9.56. The van der Waals surface area contributed by atoms with Gasteiger partial charge in [0.1, 0.15) is 21.2 Å². The van der Waals surface area contributed by atoms with Crippen LogP contribution in [0.5, 0.6) is 5.75 Å². The number of nitrogens with zero attached hydrogens (tertiary/aromatic N) is 4. The third-order valence-electron chi connectivity index (χ3n) is 7.15. The van der Waals surface area contributed by atoms with Crippen LogP contribution in [0.2, 0.25) is 0 Å². The minimum Gasteiger partial charge on any atom is -0.505 e. The van der Waals surface area contributed by atoms with Crippen molar-refractivity contribution in [3.05, 3.63) is 109 Å². The molecule has 5 N–H and O–H groups in total. The van der Waals surface area contributed by atoms with Crippen LogP contribution >= 0.6 is 0 Å². The smallest absolute Gasteiger partial charge is 0.505 e. The molecular formula is C32H23N5NaO7S2+. The van der Waals surface area contributed by atoms with Crippen molar-refractivity contribution in [3.63, 3.8) is 0 Å². The summed E-state index contributed by atoms with van der Waals surface area (Å²) in [6.07, 6.45) is 0. The molecule has 47 heavy (non-hydrogen) atoms. The fraction of sp³-hybridized carbons (Fsp3) is 0. The Labute approximate surface area is 291 Å². The van der Waals surface area contributed by atoms with Crippen molar-refractivity contribution in [2.24, 2.45) is 20.5 Å². The first-order valence-corrected chi connectivity index (χ1v) is 16.3. The van der Waals surface area contributed by atoms with Crippen LogP contribution in [0, 0.1) is 0 Å². The zero-order chi connectivity index (χ0) is 32.6. The Bertz CT molecular complexity index is 2260. The van der Waals surface area contributed by atoms with E-state index in [-0.39, 0.29) is 73.4 Å². The van der Waals surface area contributed by atoms with E-state index in [2.05, 4.69) is 20.5 Å². The van der Waals surface area contributed by atoms with Crippen LogP contribution in [0.3, 0.4) is 0 Å². The summed E-state index contributed by atoms with van der Waals surface area (Å²) in [5.41, 5.74) is 8.97. The van der Waals surface area contributed by atoms with E-state index in [4.69, 9.17) is 5.73 Å². The average molecular weight is 677 g/mol. The van der Waals surface area contributed by atoms with E-state index in [9.17, 15) is 31.0 Å². The fourth-order valence-corrected chi connectivity index (χ4v) is 6.35. The van der Waals surface area contributed by atoms with Gasteiger partial charge in [0.25, 0.3) is 20.2 Å². The number of aromatic hydroxyl groups is 1. The monoisotopic (exact) mass is 676 g/mol. The molecule has 0 aliphatic carbocycles. The largest absolute Gasteiger partial charge is 1.00 e. The molecule has 0 aliphatic heterocycles. The van der Waals surface area contributed by atoms with Gasteiger partial charge in [-0.1, -0.05) is 72.8 Å². The van der Waals surface area contributed by atoms with Crippen LogP contribution in [-0.4, -0.2) is 31.0 Å². The number of anilines is 1. The van der Waals surface area contributed by atoms with Gasteiger partial charge in [-0.25, -0.2) is 0 Å². The zero-order valence-corrected chi connectivity index (χ0v) is 28.2. The predicted molar refractivity (Wildman–Crippen MR) is 174 cm³/mol. The molecule has 6 aromatic rings. The SMILES string of the molecule is Nc1c(N=Nc2ccc(-c3ccc(N=Nc4cc(S(=O)(=O)O)c5ccccc5c4O)cc3)cc2)cc(S(=O)(=O)O)c2ccccc12.[Na+]. The molecule has 12 nitrogen and oxygen atoms in total. The van der Waals surface area contributed by atoms with Crippen molar-refractivity contribution in [1.82, 2.24) is 0 Å². The molecule has 0 unspecified atom stereocenters. The van der Waals surface area contributed by atoms with Crippen LogP contribution in [0.25, 0.3) is 32.7 Å². The van der Waals surface area contributed by atoms with Crippen molar-refractivity contribution in [3.8, 4) is 16.9 Å². The number of azo groups is 2. The van der Waals surface area contributed by atoms with Crippen LogP contribution in [0.1, 0.15) is 0 Å². The number of fused-ring (bicyclic) bond motifs is 2. The predicted octanol–water partition coefficient (Wildman–Crippen LogP) is 5.28. The molecular weight excluding hydrogens is 654 g/mol. The first-order valence-electron chi connectivity index (χ1n) is 13.4. The third-order valence-corrected chi connectivity index (χ3v) is 8.94. The number of benzene rings is 6. The van der Waals surface area contributed by atoms with Gasteiger partial charge in [0, 0.05) is 21.5 Å². The van der Waals surface area contributed by atoms with Gasteiger partial charge in [-0.15, -0.1) is 10.2 Å². The average Bonchev–Trinajstić information content (AvgIpc) is 3.04. The van der Waals surface area contributed by atoms with E-state index >= 15 is 0 Å². The molecule has 0 bridgehead atoms. The molecule has 0 atom stereocenters. The van der Waals surface area contributed by atoms with Crippen LogP contribution in [0.15, 0.2) is 139 Å². The van der Waals surface area contributed by atoms with Gasteiger partial charge in [0.15, 0.2) is 5.75 Å². The molecule has 0 saturated carbocycles. The second-order valence-corrected chi connectivity index (χ2v) is 12.9. The molecule has 0 saturated heterocycles. The zero-order valence-electron chi connectivity index (χ0n) is 24.5. The van der Waals surface area contributed by atoms with E-state index in [0.717, 1.165) is 17.2 Å². The van der Waals surface area contributed by atoms with Crippen LogP contribution in [0.4, 0.5) is 28.4 Å². The van der Waals surface area contributed by atoms with Gasteiger partial charge in [-0.05, 0) is 47.5 Å². The Balaban J connectivity index is 0.00000433. The number of phenols is 1. The van der Waals surface area contributed by atoms with Crippen molar-refractivity contribution in [2.45, 2.75) is 9.79 Å². The normalized spacial score (nSPS) is 12.2. The quantitative estimate of drug-likeness (QED) is 0.0756. The van der Waals surface area contributed by atoms with Gasteiger partial charge in [-0.3, -0.25) is 9.11 Å². The summed E-state index contributed by atoms with van der Waals surface area (Å²) in [5.74, 6) is -0.275. The number of hydrogen-bond donors (Lipinski definition) is 4. The summed E-state index contributed by atoms with van der Waals surface area (Å²) in [4.78, 5) is -0.710. The molecule has 6 aromatic carbocycles. The number of rotatable bonds is 7. The number of phenolic OH excluding ortho intramolecular Hbond substituents is 1. The number of hydrogen-bond acceptors (Lipinski definition) is 10. The Morgan fingerprint density at radius 1 is 0.511 bits per heavy atom. The van der Waals surface area contributed by atoms with Gasteiger partial charge < -0.3 is 10.8 Å². The molecule has 0 amide bonds. The van der Waals surface area contributed by atoms with Crippen molar-refractivity contribution >= 4 is 70.2 Å². The summed E-state index contributed by atoms with van der Waals surface area (Å²) in [6, 6.07) is 28.9. The summed E-state index contributed by atoms with van der Waals surface area (Å²) in [5, 5.41) is 28.2. The Morgan fingerprint density at radius 2 is 0.894 bits per heavy atom. The van der Waals surface area contributed by atoms with Gasteiger partial charge in [0.05, 0.1) is 17.1 Å². The standard InChI is InChI=1S/C32H23N5O7S2.Na/c33-31-25-7-3-1-5-23(25)29(45(39,40)41)17-27(31)36-34-21-13-9-19(10-14-21)20-11-15-22(16-12-20)35-37-28-18-30(46(42,43)44)24-6-2-4-8-26(24)32(28)38;/h1-18,38H,33H2,(H,39,40,41)(H,42,43,44);/q;+1. The molecule has 0 aromatic heterocycles. The van der Waals surface area contributed by atoms with Gasteiger partial charge in [0.2, 0.25) is 0 Å². The summed E-state index contributed by atoms with van der Waals surface area (Å²) in [7, 11) is -9.13. The molecule has 0 radical (unpaired) electrons. The van der Waals surface area contributed by atoms with E-state index in [1.54, 1.807) is 72.8 Å².